The number of pyridine rings is 2. The Labute approximate surface area is 150 Å². The molecule has 0 saturated heterocycles. The first-order valence-corrected chi connectivity index (χ1v) is 9.23. The van der Waals surface area contributed by atoms with E-state index in [9.17, 15) is 0 Å². The lowest BCUT2D eigenvalue weighted by molar-refractivity contribution is 0.224. The van der Waals surface area contributed by atoms with Gasteiger partial charge in [0.1, 0.15) is 17.9 Å². The van der Waals surface area contributed by atoms with Crippen LogP contribution in [-0.4, -0.2) is 41.1 Å². The summed E-state index contributed by atoms with van der Waals surface area (Å²) >= 11 is 0. The molecule has 134 valence electrons. The third-order valence-corrected chi connectivity index (χ3v) is 4.20. The lowest BCUT2D eigenvalue weighted by Crippen LogP contribution is -2.27. The highest BCUT2D eigenvalue weighted by Crippen LogP contribution is 2.30. The molecule has 3 aromatic rings. The van der Waals surface area contributed by atoms with Crippen molar-refractivity contribution < 1.29 is 4.74 Å². The van der Waals surface area contributed by atoms with Gasteiger partial charge >= 0.3 is 0 Å². The number of aromatic nitrogens is 2. The molecule has 0 aliphatic heterocycles. The van der Waals surface area contributed by atoms with E-state index in [1.807, 2.05) is 39.1 Å². The molecule has 0 spiro atoms. The minimum Gasteiger partial charge on any atom is -0.491 e. The summed E-state index contributed by atoms with van der Waals surface area (Å²) in [7, 11) is 0. The maximum atomic E-state index is 6.07. The SMILES string of the molecule is CC.CCN(CC)CCOc1cc(C)nc2c1ccc1cccnc12. The van der Waals surface area contributed by atoms with Gasteiger partial charge in [-0.15, -0.1) is 0 Å². The molecule has 0 atom stereocenters. The summed E-state index contributed by atoms with van der Waals surface area (Å²) in [5.74, 6) is 0.896. The van der Waals surface area contributed by atoms with Gasteiger partial charge in [0, 0.05) is 35.3 Å². The summed E-state index contributed by atoms with van der Waals surface area (Å²) in [6.07, 6.45) is 1.81. The van der Waals surface area contributed by atoms with Crippen LogP contribution in [-0.2, 0) is 0 Å². The van der Waals surface area contributed by atoms with Crippen molar-refractivity contribution in [1.29, 1.82) is 0 Å². The fourth-order valence-corrected chi connectivity index (χ4v) is 2.86. The predicted octanol–water partition coefficient (Wildman–Crippen LogP) is 4.84. The van der Waals surface area contributed by atoms with Gasteiger partial charge in [-0.1, -0.05) is 39.8 Å². The molecule has 2 aromatic heterocycles. The van der Waals surface area contributed by atoms with Gasteiger partial charge in [-0.25, -0.2) is 0 Å². The molecule has 0 fully saturated rings. The topological polar surface area (TPSA) is 38.2 Å². The number of hydrogen-bond acceptors (Lipinski definition) is 4. The van der Waals surface area contributed by atoms with Crippen LogP contribution in [0.2, 0.25) is 0 Å². The molecule has 0 amide bonds. The van der Waals surface area contributed by atoms with Crippen molar-refractivity contribution in [3.8, 4) is 5.75 Å². The van der Waals surface area contributed by atoms with Gasteiger partial charge in [-0.2, -0.15) is 0 Å². The quantitative estimate of drug-likeness (QED) is 0.602. The summed E-state index contributed by atoms with van der Waals surface area (Å²) in [6, 6.07) is 10.2. The first-order valence-electron chi connectivity index (χ1n) is 9.23. The van der Waals surface area contributed by atoms with E-state index < -0.39 is 0 Å². The highest BCUT2D eigenvalue weighted by molar-refractivity contribution is 6.04. The molecule has 0 radical (unpaired) electrons. The van der Waals surface area contributed by atoms with Crippen LogP contribution in [0.3, 0.4) is 0 Å². The van der Waals surface area contributed by atoms with Crippen molar-refractivity contribution in [2.75, 3.05) is 26.2 Å². The lowest BCUT2D eigenvalue weighted by atomic mass is 10.1. The third-order valence-electron chi connectivity index (χ3n) is 4.20. The molecule has 0 aliphatic carbocycles. The second kappa shape index (κ2) is 9.33. The molecule has 25 heavy (non-hydrogen) atoms. The van der Waals surface area contributed by atoms with E-state index in [1.54, 1.807) is 0 Å². The largest absolute Gasteiger partial charge is 0.491 e. The van der Waals surface area contributed by atoms with E-state index in [-0.39, 0.29) is 0 Å². The summed E-state index contributed by atoms with van der Waals surface area (Å²) in [5, 5.41) is 2.13. The molecular weight excluding hydrogens is 310 g/mol. The molecule has 3 rings (SSSR count). The number of hydrogen-bond donors (Lipinski definition) is 0. The number of likely N-dealkylation sites (N-methyl/N-ethyl adjacent to an activating group) is 1. The number of aryl methyl sites for hydroxylation is 1. The first kappa shape index (κ1) is 19.1. The van der Waals surface area contributed by atoms with Gasteiger partial charge in [0.05, 0.1) is 5.52 Å². The molecule has 1 aromatic carbocycles. The Hall–Kier alpha value is -2.20. The number of ether oxygens (including phenoxy) is 1. The molecule has 0 bridgehead atoms. The minimum atomic E-state index is 0.681. The normalized spacial score (nSPS) is 10.8. The highest BCUT2D eigenvalue weighted by Gasteiger charge is 2.10. The number of fused-ring (bicyclic) bond motifs is 3. The Balaban J connectivity index is 0.00000109. The van der Waals surface area contributed by atoms with Crippen molar-refractivity contribution in [2.45, 2.75) is 34.6 Å². The summed E-state index contributed by atoms with van der Waals surface area (Å²) in [5.41, 5.74) is 2.80. The van der Waals surface area contributed by atoms with Crippen molar-refractivity contribution in [3.63, 3.8) is 0 Å². The van der Waals surface area contributed by atoms with Crippen LogP contribution < -0.4 is 4.74 Å². The van der Waals surface area contributed by atoms with E-state index in [0.29, 0.717) is 6.61 Å². The van der Waals surface area contributed by atoms with Crippen LogP contribution in [0, 0.1) is 6.92 Å². The smallest absolute Gasteiger partial charge is 0.130 e. The Morgan fingerprint density at radius 3 is 2.52 bits per heavy atom. The number of nitrogens with zero attached hydrogens (tertiary/aromatic N) is 3. The standard InChI is InChI=1S/C19H23N3O.C2H6/c1-4-22(5-2)11-12-23-17-13-14(3)21-19-16(17)9-8-15-7-6-10-20-18(15)19;1-2/h6-10,13H,4-5,11-12H2,1-3H3;1-2H3. The lowest BCUT2D eigenvalue weighted by Gasteiger charge is -2.18. The van der Waals surface area contributed by atoms with Crippen molar-refractivity contribution in [3.05, 3.63) is 42.2 Å². The van der Waals surface area contributed by atoms with Gasteiger partial charge in [0.2, 0.25) is 0 Å². The van der Waals surface area contributed by atoms with Gasteiger partial charge in [0.15, 0.2) is 0 Å². The van der Waals surface area contributed by atoms with E-state index in [0.717, 1.165) is 52.9 Å². The third kappa shape index (κ3) is 4.45. The fraction of sp³-hybridized carbons (Fsp3) is 0.429. The monoisotopic (exact) mass is 339 g/mol. The maximum Gasteiger partial charge on any atom is 0.130 e. The second-order valence-electron chi connectivity index (χ2n) is 5.67. The molecule has 4 nitrogen and oxygen atoms in total. The zero-order valence-corrected chi connectivity index (χ0v) is 16.0. The van der Waals surface area contributed by atoms with Crippen LogP contribution in [0.25, 0.3) is 21.8 Å². The van der Waals surface area contributed by atoms with Crippen molar-refractivity contribution in [1.82, 2.24) is 14.9 Å². The summed E-state index contributed by atoms with van der Waals surface area (Å²) in [4.78, 5) is 11.5. The first-order chi connectivity index (χ1) is 12.2. The fourth-order valence-electron chi connectivity index (χ4n) is 2.86. The van der Waals surface area contributed by atoms with Crippen LogP contribution >= 0.6 is 0 Å². The molecular formula is C21H29N3O. The minimum absolute atomic E-state index is 0.681. The van der Waals surface area contributed by atoms with Crippen LogP contribution in [0.1, 0.15) is 33.4 Å². The predicted molar refractivity (Wildman–Crippen MR) is 106 cm³/mol. The summed E-state index contributed by atoms with van der Waals surface area (Å²) in [6.45, 7) is 14.1. The number of benzene rings is 1. The van der Waals surface area contributed by atoms with Crippen LogP contribution in [0.5, 0.6) is 5.75 Å². The molecule has 4 heteroatoms. The van der Waals surface area contributed by atoms with Gasteiger partial charge in [0.25, 0.3) is 0 Å². The van der Waals surface area contributed by atoms with Gasteiger partial charge in [-0.05, 0) is 32.1 Å². The van der Waals surface area contributed by atoms with E-state index >= 15 is 0 Å². The molecule has 2 heterocycles. The molecule has 0 unspecified atom stereocenters. The number of rotatable bonds is 6. The highest BCUT2D eigenvalue weighted by atomic mass is 16.5. The Bertz CT molecular complexity index is 813. The average molecular weight is 339 g/mol. The van der Waals surface area contributed by atoms with Crippen molar-refractivity contribution in [2.24, 2.45) is 0 Å². The maximum absolute atomic E-state index is 6.07. The van der Waals surface area contributed by atoms with E-state index in [4.69, 9.17) is 4.74 Å². The van der Waals surface area contributed by atoms with Gasteiger partial charge in [-0.3, -0.25) is 9.97 Å². The van der Waals surface area contributed by atoms with Crippen LogP contribution in [0.4, 0.5) is 0 Å². The van der Waals surface area contributed by atoms with E-state index in [2.05, 4.69) is 46.9 Å². The van der Waals surface area contributed by atoms with Crippen molar-refractivity contribution >= 4 is 21.8 Å². The van der Waals surface area contributed by atoms with Crippen LogP contribution in [0.15, 0.2) is 36.5 Å². The van der Waals surface area contributed by atoms with Gasteiger partial charge < -0.3 is 9.64 Å². The zero-order chi connectivity index (χ0) is 18.2. The summed E-state index contributed by atoms with van der Waals surface area (Å²) < 4.78 is 6.07. The van der Waals surface area contributed by atoms with E-state index in [1.165, 1.54) is 0 Å². The Kier molecular flexibility index (Phi) is 7.14. The zero-order valence-electron chi connectivity index (χ0n) is 16.0. The Morgan fingerprint density at radius 1 is 1.04 bits per heavy atom. The molecule has 0 N–H and O–H groups in total. The average Bonchev–Trinajstić information content (AvgIpc) is 2.66. The Morgan fingerprint density at radius 2 is 1.80 bits per heavy atom. The molecule has 0 aliphatic rings. The molecule has 0 saturated carbocycles. The second-order valence-corrected chi connectivity index (χ2v) is 5.67.